The van der Waals surface area contributed by atoms with Gasteiger partial charge in [-0.2, -0.15) is 0 Å². The molecule has 3 rings (SSSR count). The van der Waals surface area contributed by atoms with Crippen LogP contribution in [0.5, 0.6) is 0 Å². The average Bonchev–Trinajstić information content (AvgIpc) is 2.58. The third kappa shape index (κ3) is 3.34. The molecule has 1 saturated heterocycles. The Morgan fingerprint density at radius 2 is 1.87 bits per heavy atom. The Bertz CT molecular complexity index is 698. The van der Waals surface area contributed by atoms with Gasteiger partial charge < -0.3 is 4.90 Å². The van der Waals surface area contributed by atoms with Crippen LogP contribution in [0.4, 0.5) is 0 Å². The third-order valence-electron chi connectivity index (χ3n) is 4.68. The highest BCUT2D eigenvalue weighted by atomic mass is 35.5. The summed E-state index contributed by atoms with van der Waals surface area (Å²) in [5, 5.41) is 0.765. The van der Waals surface area contributed by atoms with Crippen LogP contribution in [0, 0.1) is 19.3 Å². The van der Waals surface area contributed by atoms with Crippen molar-refractivity contribution >= 4 is 17.4 Å². The van der Waals surface area contributed by atoms with Crippen LogP contribution in [-0.2, 0) is 0 Å². The van der Waals surface area contributed by atoms with E-state index in [9.17, 15) is 4.79 Å². The molecule has 0 amide bonds. The van der Waals surface area contributed by atoms with Gasteiger partial charge >= 0.3 is 0 Å². The van der Waals surface area contributed by atoms with Crippen molar-refractivity contribution in [2.24, 2.45) is 5.92 Å². The van der Waals surface area contributed by atoms with E-state index in [1.807, 2.05) is 49.4 Å². The van der Waals surface area contributed by atoms with Gasteiger partial charge in [0.1, 0.15) is 0 Å². The summed E-state index contributed by atoms with van der Waals surface area (Å²) in [5.41, 5.74) is 3.02. The minimum Gasteiger partial charge on any atom is -0.305 e. The number of halogens is 1. The van der Waals surface area contributed by atoms with Crippen molar-refractivity contribution in [2.75, 3.05) is 20.1 Å². The van der Waals surface area contributed by atoms with Gasteiger partial charge in [-0.1, -0.05) is 54.1 Å². The van der Waals surface area contributed by atoms with E-state index in [0.717, 1.165) is 29.2 Å². The molecule has 0 unspecified atom stereocenters. The molecule has 23 heavy (non-hydrogen) atoms. The van der Waals surface area contributed by atoms with Gasteiger partial charge in [-0.3, -0.25) is 4.79 Å². The van der Waals surface area contributed by atoms with Crippen LogP contribution in [0.2, 0.25) is 5.02 Å². The number of ketones is 1. The van der Waals surface area contributed by atoms with Crippen LogP contribution in [0.15, 0.2) is 48.5 Å². The molecule has 2 nitrogen and oxygen atoms in total. The molecular formula is C20H21ClNO. The zero-order valence-electron chi connectivity index (χ0n) is 13.5. The number of likely N-dealkylation sites (tertiary alicyclic amines) is 1. The fourth-order valence-corrected chi connectivity index (χ4v) is 3.55. The molecular weight excluding hydrogens is 306 g/mol. The maximum Gasteiger partial charge on any atom is 0.167 e. The number of rotatable bonds is 3. The Morgan fingerprint density at radius 3 is 2.61 bits per heavy atom. The highest BCUT2D eigenvalue weighted by Gasteiger charge is 2.35. The maximum absolute atomic E-state index is 13.0. The molecule has 0 spiro atoms. The second-order valence-corrected chi connectivity index (χ2v) is 6.68. The number of hydrogen-bond acceptors (Lipinski definition) is 2. The number of benzene rings is 2. The van der Waals surface area contributed by atoms with Crippen molar-refractivity contribution in [3.8, 4) is 0 Å². The molecule has 3 heteroatoms. The molecule has 2 aromatic rings. The van der Waals surface area contributed by atoms with E-state index in [-0.39, 0.29) is 17.6 Å². The van der Waals surface area contributed by atoms with Crippen LogP contribution in [0.25, 0.3) is 0 Å². The summed E-state index contributed by atoms with van der Waals surface area (Å²) in [5.74, 6) is 0.240. The first-order chi connectivity index (χ1) is 11.1. The second-order valence-electron chi connectivity index (χ2n) is 6.27. The summed E-state index contributed by atoms with van der Waals surface area (Å²) in [6, 6.07) is 15.6. The lowest BCUT2D eigenvalue weighted by Crippen LogP contribution is -2.41. The standard InChI is InChI=1S/C20H21ClNO/c1-14-16(9-6-10-19(14)21)17-11-12-22(2)13-18(17)20(23)15-7-4-3-5-8-15/h3-11,17-18H,12-13H2,1-2H3/t17-,18+/m1/s1. The van der Waals surface area contributed by atoms with Crippen LogP contribution in [-0.4, -0.2) is 30.8 Å². The Morgan fingerprint density at radius 1 is 1.13 bits per heavy atom. The topological polar surface area (TPSA) is 20.3 Å². The number of carbonyl (C=O) groups is 1. The van der Waals surface area contributed by atoms with Crippen molar-refractivity contribution in [2.45, 2.75) is 12.8 Å². The fraction of sp³-hybridized carbons (Fsp3) is 0.300. The van der Waals surface area contributed by atoms with E-state index < -0.39 is 0 Å². The van der Waals surface area contributed by atoms with Gasteiger partial charge in [0, 0.05) is 29.6 Å². The first kappa shape index (κ1) is 16.2. The number of carbonyl (C=O) groups excluding carboxylic acids is 1. The minimum absolute atomic E-state index is 0.0756. The van der Waals surface area contributed by atoms with Crippen molar-refractivity contribution in [3.63, 3.8) is 0 Å². The highest BCUT2D eigenvalue weighted by molar-refractivity contribution is 6.31. The Kier molecular flexibility index (Phi) is 4.84. The lowest BCUT2D eigenvalue weighted by molar-refractivity contribution is 0.0847. The molecule has 1 heterocycles. The number of piperidine rings is 1. The molecule has 1 aliphatic heterocycles. The van der Waals surface area contributed by atoms with Crippen LogP contribution in [0.1, 0.15) is 27.4 Å². The molecule has 0 bridgehead atoms. The van der Waals surface area contributed by atoms with Gasteiger partial charge in [-0.15, -0.1) is 0 Å². The molecule has 0 aromatic heterocycles. The maximum atomic E-state index is 13.0. The van der Waals surface area contributed by atoms with Gasteiger partial charge in [-0.05, 0) is 43.5 Å². The summed E-state index contributed by atoms with van der Waals surface area (Å²) in [6.45, 7) is 3.68. The predicted molar refractivity (Wildman–Crippen MR) is 95.0 cm³/mol. The van der Waals surface area contributed by atoms with Gasteiger partial charge in [0.25, 0.3) is 0 Å². The fourth-order valence-electron chi connectivity index (χ4n) is 3.37. The molecule has 1 aliphatic rings. The normalized spacial score (nSPS) is 22.0. The Balaban J connectivity index is 1.97. The third-order valence-corrected chi connectivity index (χ3v) is 5.09. The summed E-state index contributed by atoms with van der Waals surface area (Å²) in [7, 11) is 2.06. The van der Waals surface area contributed by atoms with E-state index in [1.54, 1.807) is 0 Å². The molecule has 1 fully saturated rings. The monoisotopic (exact) mass is 326 g/mol. The molecule has 0 saturated carbocycles. The lowest BCUT2D eigenvalue weighted by Gasteiger charge is -2.36. The number of Topliss-reactive ketones (excluding diaryl/α,β-unsaturated/α-hetero) is 1. The Labute approximate surface area is 143 Å². The zero-order valence-corrected chi connectivity index (χ0v) is 14.3. The molecule has 2 aromatic carbocycles. The molecule has 0 aliphatic carbocycles. The van der Waals surface area contributed by atoms with Gasteiger partial charge in [0.05, 0.1) is 0 Å². The number of nitrogens with zero attached hydrogens (tertiary/aromatic N) is 1. The molecule has 119 valence electrons. The summed E-state index contributed by atoms with van der Waals surface area (Å²) >= 11 is 6.30. The van der Waals surface area contributed by atoms with Crippen LogP contribution >= 0.6 is 11.6 Å². The second kappa shape index (κ2) is 6.86. The first-order valence-electron chi connectivity index (χ1n) is 7.94. The van der Waals surface area contributed by atoms with E-state index in [1.165, 1.54) is 5.56 Å². The van der Waals surface area contributed by atoms with Gasteiger partial charge in [0.15, 0.2) is 5.78 Å². The lowest BCUT2D eigenvalue weighted by atomic mass is 9.75. The van der Waals surface area contributed by atoms with Gasteiger partial charge in [0.2, 0.25) is 0 Å². The zero-order chi connectivity index (χ0) is 16.4. The molecule has 1 radical (unpaired) electrons. The predicted octanol–water partition coefficient (Wildman–Crippen LogP) is 4.38. The van der Waals surface area contributed by atoms with Crippen molar-refractivity contribution in [1.29, 1.82) is 0 Å². The first-order valence-corrected chi connectivity index (χ1v) is 8.32. The van der Waals surface area contributed by atoms with E-state index >= 15 is 0 Å². The van der Waals surface area contributed by atoms with Crippen molar-refractivity contribution in [3.05, 3.63) is 76.7 Å². The van der Waals surface area contributed by atoms with Crippen LogP contribution in [0.3, 0.4) is 0 Å². The van der Waals surface area contributed by atoms with E-state index in [0.29, 0.717) is 0 Å². The van der Waals surface area contributed by atoms with E-state index in [2.05, 4.69) is 24.4 Å². The SMILES string of the molecule is Cc1c(Cl)cccc1[C@H]1[CH]CN(C)C[C@@H]1C(=O)c1ccccc1. The summed E-state index contributed by atoms with van der Waals surface area (Å²) in [6.07, 6.45) is 2.24. The largest absolute Gasteiger partial charge is 0.305 e. The van der Waals surface area contributed by atoms with E-state index in [4.69, 9.17) is 11.6 Å². The minimum atomic E-state index is -0.0756. The molecule has 2 atom stereocenters. The summed E-state index contributed by atoms with van der Waals surface area (Å²) < 4.78 is 0. The quantitative estimate of drug-likeness (QED) is 0.780. The summed E-state index contributed by atoms with van der Waals surface area (Å²) in [4.78, 5) is 15.2. The highest BCUT2D eigenvalue weighted by Crippen LogP contribution is 2.37. The average molecular weight is 327 g/mol. The number of hydrogen-bond donors (Lipinski definition) is 0. The van der Waals surface area contributed by atoms with Crippen LogP contribution < -0.4 is 0 Å². The van der Waals surface area contributed by atoms with Crippen molar-refractivity contribution < 1.29 is 4.79 Å². The molecule has 0 N–H and O–H groups in total. The smallest absolute Gasteiger partial charge is 0.167 e. The Hall–Kier alpha value is -1.64. The van der Waals surface area contributed by atoms with Gasteiger partial charge in [-0.25, -0.2) is 0 Å². The van der Waals surface area contributed by atoms with Crippen molar-refractivity contribution in [1.82, 2.24) is 4.90 Å².